The largest absolute Gasteiger partial charge is 0.327 e. The van der Waals surface area contributed by atoms with Crippen LogP contribution in [0.2, 0.25) is 0 Å². The lowest BCUT2D eigenvalue weighted by molar-refractivity contribution is 0.149. The second-order valence-corrected chi connectivity index (χ2v) is 8.73. The molecule has 0 aromatic carbocycles. The molecule has 2 aliphatic rings. The molecule has 0 bridgehead atoms. The molecule has 2 rings (SSSR count). The summed E-state index contributed by atoms with van der Waals surface area (Å²) in [5, 5.41) is 0. The summed E-state index contributed by atoms with van der Waals surface area (Å²) in [5.41, 5.74) is 12.8. The standard InChI is InChI=1S/C21H42N2/c1-3-5-7-18-14-16(9-11-20(18)22)13-17-10-12-21(23)19(15-17)8-6-4-2/h16-21H,3-15,22-23H2,1-2H3. The van der Waals surface area contributed by atoms with Crippen molar-refractivity contribution in [3.63, 3.8) is 0 Å². The number of hydrogen-bond donors (Lipinski definition) is 2. The van der Waals surface area contributed by atoms with E-state index < -0.39 is 0 Å². The third kappa shape index (κ3) is 6.05. The number of rotatable bonds is 8. The van der Waals surface area contributed by atoms with Crippen LogP contribution in [0, 0.1) is 23.7 Å². The molecular weight excluding hydrogens is 280 g/mol. The van der Waals surface area contributed by atoms with Gasteiger partial charge in [0, 0.05) is 12.1 Å². The van der Waals surface area contributed by atoms with E-state index in [0.29, 0.717) is 12.1 Å². The van der Waals surface area contributed by atoms with Crippen molar-refractivity contribution >= 4 is 0 Å². The van der Waals surface area contributed by atoms with Gasteiger partial charge in [0.15, 0.2) is 0 Å². The Bertz CT molecular complexity index is 287. The first-order valence-corrected chi connectivity index (χ1v) is 10.6. The molecule has 0 aliphatic heterocycles. The summed E-state index contributed by atoms with van der Waals surface area (Å²) in [7, 11) is 0. The third-order valence-corrected chi connectivity index (χ3v) is 6.82. The van der Waals surface area contributed by atoms with Gasteiger partial charge in [0.25, 0.3) is 0 Å². The Morgan fingerprint density at radius 2 is 1.13 bits per heavy atom. The molecule has 0 heterocycles. The van der Waals surface area contributed by atoms with Gasteiger partial charge in [-0.1, -0.05) is 39.5 Å². The fourth-order valence-electron chi connectivity index (χ4n) is 5.27. The number of nitrogens with two attached hydrogens (primary N) is 2. The van der Waals surface area contributed by atoms with Gasteiger partial charge < -0.3 is 11.5 Å². The molecule has 0 saturated heterocycles. The van der Waals surface area contributed by atoms with Crippen LogP contribution in [-0.2, 0) is 0 Å². The minimum atomic E-state index is 0.481. The zero-order chi connectivity index (χ0) is 16.7. The summed E-state index contributed by atoms with van der Waals surface area (Å²) >= 11 is 0. The van der Waals surface area contributed by atoms with Crippen LogP contribution in [0.5, 0.6) is 0 Å². The van der Waals surface area contributed by atoms with Gasteiger partial charge in [0.1, 0.15) is 0 Å². The number of hydrogen-bond acceptors (Lipinski definition) is 2. The Morgan fingerprint density at radius 3 is 1.52 bits per heavy atom. The van der Waals surface area contributed by atoms with E-state index in [0.717, 1.165) is 23.7 Å². The molecule has 2 heteroatoms. The summed E-state index contributed by atoms with van der Waals surface area (Å²) in [6.07, 6.45) is 17.7. The molecule has 2 fully saturated rings. The molecule has 136 valence electrons. The molecule has 2 nitrogen and oxygen atoms in total. The average Bonchev–Trinajstić information content (AvgIpc) is 2.55. The van der Waals surface area contributed by atoms with E-state index in [-0.39, 0.29) is 0 Å². The fourth-order valence-corrected chi connectivity index (χ4v) is 5.27. The van der Waals surface area contributed by atoms with Crippen molar-refractivity contribution in [1.29, 1.82) is 0 Å². The van der Waals surface area contributed by atoms with Crippen LogP contribution in [-0.4, -0.2) is 12.1 Å². The van der Waals surface area contributed by atoms with E-state index in [1.807, 2.05) is 0 Å². The van der Waals surface area contributed by atoms with Gasteiger partial charge in [0.05, 0.1) is 0 Å². The molecular formula is C21H42N2. The van der Waals surface area contributed by atoms with Crippen molar-refractivity contribution in [2.45, 2.75) is 109 Å². The van der Waals surface area contributed by atoms with E-state index in [2.05, 4.69) is 13.8 Å². The highest BCUT2D eigenvalue weighted by molar-refractivity contribution is 4.87. The number of unbranched alkanes of at least 4 members (excludes halogenated alkanes) is 2. The van der Waals surface area contributed by atoms with Gasteiger partial charge in [0.2, 0.25) is 0 Å². The highest BCUT2D eigenvalue weighted by Gasteiger charge is 2.32. The molecule has 0 radical (unpaired) electrons. The first-order chi connectivity index (χ1) is 11.1. The summed E-state index contributed by atoms with van der Waals surface area (Å²) in [6, 6.07) is 0.963. The van der Waals surface area contributed by atoms with Crippen LogP contribution in [0.15, 0.2) is 0 Å². The van der Waals surface area contributed by atoms with Crippen LogP contribution in [0.3, 0.4) is 0 Å². The second kappa shape index (κ2) is 10.0. The Hall–Kier alpha value is -0.0800. The molecule has 0 spiro atoms. The molecule has 0 aromatic rings. The van der Waals surface area contributed by atoms with Crippen molar-refractivity contribution in [2.24, 2.45) is 35.1 Å². The Balaban J connectivity index is 1.79. The molecule has 23 heavy (non-hydrogen) atoms. The van der Waals surface area contributed by atoms with E-state index in [9.17, 15) is 0 Å². The highest BCUT2D eigenvalue weighted by atomic mass is 14.7. The molecule has 6 atom stereocenters. The first-order valence-electron chi connectivity index (χ1n) is 10.6. The van der Waals surface area contributed by atoms with E-state index in [4.69, 9.17) is 11.5 Å². The lowest BCUT2D eigenvalue weighted by Gasteiger charge is -2.39. The van der Waals surface area contributed by atoms with Crippen LogP contribution < -0.4 is 11.5 Å². The molecule has 0 amide bonds. The zero-order valence-electron chi connectivity index (χ0n) is 15.8. The Kier molecular flexibility index (Phi) is 8.40. The van der Waals surface area contributed by atoms with Crippen LogP contribution in [0.4, 0.5) is 0 Å². The van der Waals surface area contributed by atoms with Crippen molar-refractivity contribution in [3.05, 3.63) is 0 Å². The quantitative estimate of drug-likeness (QED) is 0.641. The molecule has 0 aromatic heterocycles. The van der Waals surface area contributed by atoms with Crippen molar-refractivity contribution in [3.8, 4) is 0 Å². The van der Waals surface area contributed by atoms with E-state index in [1.54, 1.807) is 0 Å². The van der Waals surface area contributed by atoms with Crippen molar-refractivity contribution < 1.29 is 0 Å². The van der Waals surface area contributed by atoms with Crippen LogP contribution in [0.1, 0.15) is 97.3 Å². The van der Waals surface area contributed by atoms with E-state index >= 15 is 0 Å². The maximum absolute atomic E-state index is 6.39. The van der Waals surface area contributed by atoms with Gasteiger partial charge in [-0.05, 0) is 81.5 Å². The monoisotopic (exact) mass is 322 g/mol. The lowest BCUT2D eigenvalue weighted by atomic mass is 9.69. The molecule has 4 N–H and O–H groups in total. The van der Waals surface area contributed by atoms with Gasteiger partial charge in [-0.2, -0.15) is 0 Å². The normalized spacial score (nSPS) is 38.6. The van der Waals surface area contributed by atoms with Crippen LogP contribution >= 0.6 is 0 Å². The summed E-state index contributed by atoms with van der Waals surface area (Å²) in [6.45, 7) is 4.60. The summed E-state index contributed by atoms with van der Waals surface area (Å²) in [4.78, 5) is 0. The lowest BCUT2D eigenvalue weighted by Crippen LogP contribution is -2.39. The minimum absolute atomic E-state index is 0.481. The third-order valence-electron chi connectivity index (χ3n) is 6.82. The average molecular weight is 323 g/mol. The Labute approximate surface area is 145 Å². The molecule has 2 aliphatic carbocycles. The predicted octanol–water partition coefficient (Wildman–Crippen LogP) is 5.24. The first kappa shape index (κ1) is 19.2. The van der Waals surface area contributed by atoms with Gasteiger partial charge in [-0.15, -0.1) is 0 Å². The second-order valence-electron chi connectivity index (χ2n) is 8.73. The van der Waals surface area contributed by atoms with Crippen molar-refractivity contribution in [1.82, 2.24) is 0 Å². The minimum Gasteiger partial charge on any atom is -0.327 e. The summed E-state index contributed by atoms with van der Waals surface area (Å²) < 4.78 is 0. The van der Waals surface area contributed by atoms with Gasteiger partial charge in [-0.25, -0.2) is 0 Å². The molecule has 6 unspecified atom stereocenters. The maximum Gasteiger partial charge on any atom is 0.00673 e. The van der Waals surface area contributed by atoms with E-state index in [1.165, 1.54) is 83.5 Å². The summed E-state index contributed by atoms with van der Waals surface area (Å²) in [5.74, 6) is 3.50. The van der Waals surface area contributed by atoms with Crippen LogP contribution in [0.25, 0.3) is 0 Å². The van der Waals surface area contributed by atoms with Crippen molar-refractivity contribution in [2.75, 3.05) is 0 Å². The topological polar surface area (TPSA) is 52.0 Å². The highest BCUT2D eigenvalue weighted by Crippen LogP contribution is 2.40. The zero-order valence-corrected chi connectivity index (χ0v) is 15.8. The predicted molar refractivity (Wildman–Crippen MR) is 101 cm³/mol. The smallest absolute Gasteiger partial charge is 0.00673 e. The Morgan fingerprint density at radius 1 is 0.696 bits per heavy atom. The van der Waals surface area contributed by atoms with Gasteiger partial charge >= 0.3 is 0 Å². The fraction of sp³-hybridized carbons (Fsp3) is 1.00. The molecule has 2 saturated carbocycles. The maximum atomic E-state index is 6.39. The SMILES string of the molecule is CCCCC1CC(CC2CCC(N)C(CCCC)C2)CCC1N. The van der Waals surface area contributed by atoms with Gasteiger partial charge in [-0.3, -0.25) is 0 Å².